The fourth-order valence-electron chi connectivity index (χ4n) is 3.36. The number of fused-ring (bicyclic) bond motifs is 1. The lowest BCUT2D eigenvalue weighted by Gasteiger charge is -2.16. The normalized spacial score (nSPS) is 15.8. The molecule has 2 aliphatic rings. The topological polar surface area (TPSA) is 94.2 Å². The van der Waals surface area contributed by atoms with Gasteiger partial charge in [0.25, 0.3) is 5.91 Å². The summed E-state index contributed by atoms with van der Waals surface area (Å²) in [5.74, 6) is 0.395. The van der Waals surface area contributed by atoms with Gasteiger partial charge in [0.1, 0.15) is 0 Å². The summed E-state index contributed by atoms with van der Waals surface area (Å²) in [5.41, 5.74) is 1.92. The first-order chi connectivity index (χ1) is 14.5. The van der Waals surface area contributed by atoms with Gasteiger partial charge in [-0.15, -0.1) is 0 Å². The van der Waals surface area contributed by atoms with Gasteiger partial charge in [-0.3, -0.25) is 9.59 Å². The molecule has 2 aliphatic heterocycles. The molecule has 8 heteroatoms. The van der Waals surface area contributed by atoms with Crippen LogP contribution in [0.15, 0.2) is 42.5 Å². The Bertz CT molecular complexity index is 972. The molecule has 2 heterocycles. The SMILES string of the molecule is CC(OC(=O)c1ccc(N2CCCC2=O)cc1)C(=O)NCc1ccc2c(c1)OCO2. The molecule has 0 spiro atoms. The highest BCUT2D eigenvalue weighted by molar-refractivity contribution is 5.96. The Balaban J connectivity index is 1.29. The van der Waals surface area contributed by atoms with Crippen molar-refractivity contribution in [1.29, 1.82) is 0 Å². The molecule has 1 fully saturated rings. The third kappa shape index (κ3) is 4.22. The Kier molecular flexibility index (Phi) is 5.56. The maximum Gasteiger partial charge on any atom is 0.338 e. The van der Waals surface area contributed by atoms with E-state index in [1.807, 2.05) is 6.07 Å². The van der Waals surface area contributed by atoms with E-state index in [1.54, 1.807) is 41.3 Å². The molecule has 2 amide bonds. The van der Waals surface area contributed by atoms with Crippen molar-refractivity contribution >= 4 is 23.5 Å². The third-order valence-corrected chi connectivity index (χ3v) is 5.04. The van der Waals surface area contributed by atoms with E-state index in [1.165, 1.54) is 6.92 Å². The molecule has 0 radical (unpaired) electrons. The second-order valence-electron chi connectivity index (χ2n) is 7.15. The largest absolute Gasteiger partial charge is 0.454 e. The molecule has 1 N–H and O–H groups in total. The van der Waals surface area contributed by atoms with Crippen molar-refractivity contribution in [2.45, 2.75) is 32.4 Å². The first-order valence-electron chi connectivity index (χ1n) is 9.79. The van der Waals surface area contributed by atoms with Crippen LogP contribution < -0.4 is 19.7 Å². The van der Waals surface area contributed by atoms with Gasteiger partial charge in [0.15, 0.2) is 17.6 Å². The molecule has 0 aliphatic carbocycles. The predicted molar refractivity (Wildman–Crippen MR) is 107 cm³/mol. The number of carbonyl (C=O) groups excluding carboxylic acids is 3. The zero-order valence-electron chi connectivity index (χ0n) is 16.6. The first kappa shape index (κ1) is 19.8. The van der Waals surface area contributed by atoms with Crippen LogP contribution in [0.25, 0.3) is 0 Å². The third-order valence-electron chi connectivity index (χ3n) is 5.04. The van der Waals surface area contributed by atoms with Gasteiger partial charge in [0.05, 0.1) is 5.56 Å². The summed E-state index contributed by atoms with van der Waals surface area (Å²) in [4.78, 5) is 38.1. The van der Waals surface area contributed by atoms with E-state index in [-0.39, 0.29) is 19.2 Å². The van der Waals surface area contributed by atoms with Gasteiger partial charge in [-0.2, -0.15) is 0 Å². The van der Waals surface area contributed by atoms with E-state index in [4.69, 9.17) is 14.2 Å². The van der Waals surface area contributed by atoms with Crippen LogP contribution in [-0.2, 0) is 20.9 Å². The standard InChI is InChI=1S/C22H22N2O6/c1-14(21(26)23-12-15-4-9-18-19(11-15)29-13-28-18)30-22(27)16-5-7-17(8-6-16)24-10-2-3-20(24)25/h4-9,11,14H,2-3,10,12-13H2,1H3,(H,23,26). The summed E-state index contributed by atoms with van der Waals surface area (Å²) in [6.45, 7) is 2.66. The molecule has 30 heavy (non-hydrogen) atoms. The fraction of sp³-hybridized carbons (Fsp3) is 0.318. The molecule has 1 unspecified atom stereocenters. The molecule has 0 bridgehead atoms. The van der Waals surface area contributed by atoms with E-state index >= 15 is 0 Å². The molecule has 0 saturated carbocycles. The summed E-state index contributed by atoms with van der Waals surface area (Å²) in [6, 6.07) is 12.0. The van der Waals surface area contributed by atoms with Crippen molar-refractivity contribution in [3.8, 4) is 11.5 Å². The highest BCUT2D eigenvalue weighted by Crippen LogP contribution is 2.32. The molecule has 1 saturated heterocycles. The maximum absolute atomic E-state index is 12.3. The van der Waals surface area contributed by atoms with Crippen LogP contribution in [0.4, 0.5) is 5.69 Å². The number of carbonyl (C=O) groups is 3. The number of benzene rings is 2. The fourth-order valence-corrected chi connectivity index (χ4v) is 3.36. The second kappa shape index (κ2) is 8.44. The van der Waals surface area contributed by atoms with E-state index in [2.05, 4.69) is 5.32 Å². The van der Waals surface area contributed by atoms with Crippen molar-refractivity contribution in [3.05, 3.63) is 53.6 Å². The minimum absolute atomic E-state index is 0.0816. The number of nitrogens with one attached hydrogen (secondary N) is 1. The number of rotatable bonds is 6. The van der Waals surface area contributed by atoms with Gasteiger partial charge in [0.2, 0.25) is 12.7 Å². The number of hydrogen-bond donors (Lipinski definition) is 1. The molecular weight excluding hydrogens is 388 g/mol. The molecule has 1 atom stereocenters. The van der Waals surface area contributed by atoms with Crippen LogP contribution >= 0.6 is 0 Å². The van der Waals surface area contributed by atoms with Crippen LogP contribution in [0.1, 0.15) is 35.7 Å². The zero-order chi connectivity index (χ0) is 21.1. The van der Waals surface area contributed by atoms with Crippen molar-refractivity contribution in [3.63, 3.8) is 0 Å². The van der Waals surface area contributed by atoms with Crippen molar-refractivity contribution in [1.82, 2.24) is 5.32 Å². The molecule has 8 nitrogen and oxygen atoms in total. The van der Waals surface area contributed by atoms with Crippen LogP contribution in [0, 0.1) is 0 Å². The van der Waals surface area contributed by atoms with E-state index in [0.29, 0.717) is 30.0 Å². The van der Waals surface area contributed by atoms with Gasteiger partial charge in [-0.1, -0.05) is 6.07 Å². The summed E-state index contributed by atoms with van der Waals surface area (Å²) < 4.78 is 15.8. The Hall–Kier alpha value is -3.55. The van der Waals surface area contributed by atoms with Gasteiger partial charge >= 0.3 is 5.97 Å². The van der Waals surface area contributed by atoms with Crippen LogP contribution in [0.5, 0.6) is 11.5 Å². The lowest BCUT2D eigenvalue weighted by molar-refractivity contribution is -0.129. The van der Waals surface area contributed by atoms with Gasteiger partial charge < -0.3 is 24.4 Å². The number of esters is 1. The zero-order valence-corrected chi connectivity index (χ0v) is 16.6. The van der Waals surface area contributed by atoms with Crippen LogP contribution in [-0.4, -0.2) is 37.2 Å². The summed E-state index contributed by atoms with van der Waals surface area (Å²) >= 11 is 0. The van der Waals surface area contributed by atoms with Crippen LogP contribution in [0.2, 0.25) is 0 Å². The highest BCUT2D eigenvalue weighted by Gasteiger charge is 2.23. The van der Waals surface area contributed by atoms with E-state index in [9.17, 15) is 14.4 Å². The number of anilines is 1. The van der Waals surface area contributed by atoms with Crippen LogP contribution in [0.3, 0.4) is 0 Å². The number of ether oxygens (including phenoxy) is 3. The van der Waals surface area contributed by atoms with E-state index < -0.39 is 18.0 Å². The van der Waals surface area contributed by atoms with Gasteiger partial charge in [-0.25, -0.2) is 4.79 Å². The van der Waals surface area contributed by atoms with Gasteiger partial charge in [-0.05, 0) is 55.3 Å². The quantitative estimate of drug-likeness (QED) is 0.735. The number of hydrogen-bond acceptors (Lipinski definition) is 6. The Morgan fingerprint density at radius 1 is 1.13 bits per heavy atom. The Labute approximate surface area is 173 Å². The average molecular weight is 410 g/mol. The monoisotopic (exact) mass is 410 g/mol. The molecule has 2 aromatic rings. The number of nitrogens with zero attached hydrogens (tertiary/aromatic N) is 1. The minimum atomic E-state index is -0.952. The molecule has 156 valence electrons. The lowest BCUT2D eigenvalue weighted by atomic mass is 10.2. The molecule has 2 aromatic carbocycles. The lowest BCUT2D eigenvalue weighted by Crippen LogP contribution is -2.35. The molecule has 4 rings (SSSR count). The van der Waals surface area contributed by atoms with Crippen molar-refractivity contribution < 1.29 is 28.6 Å². The molecular formula is C22H22N2O6. The number of amides is 2. The highest BCUT2D eigenvalue weighted by atomic mass is 16.7. The minimum Gasteiger partial charge on any atom is -0.454 e. The Morgan fingerprint density at radius 2 is 1.90 bits per heavy atom. The van der Waals surface area contributed by atoms with Crippen molar-refractivity contribution in [2.24, 2.45) is 0 Å². The first-order valence-corrected chi connectivity index (χ1v) is 9.79. The summed E-state index contributed by atoms with van der Waals surface area (Å²) in [7, 11) is 0. The second-order valence-corrected chi connectivity index (χ2v) is 7.15. The van der Waals surface area contributed by atoms with Gasteiger partial charge in [0, 0.05) is 25.2 Å². The Morgan fingerprint density at radius 3 is 2.63 bits per heavy atom. The predicted octanol–water partition coefficient (Wildman–Crippen LogP) is 2.40. The molecule has 0 aromatic heterocycles. The summed E-state index contributed by atoms with van der Waals surface area (Å²) in [5, 5.41) is 2.74. The summed E-state index contributed by atoms with van der Waals surface area (Å²) in [6.07, 6.45) is 0.427. The van der Waals surface area contributed by atoms with E-state index in [0.717, 1.165) is 17.7 Å². The maximum atomic E-state index is 12.3. The average Bonchev–Trinajstić information content (AvgIpc) is 3.40. The van der Waals surface area contributed by atoms with Crippen molar-refractivity contribution in [2.75, 3.05) is 18.2 Å². The smallest absolute Gasteiger partial charge is 0.338 e.